The van der Waals surface area contributed by atoms with Crippen LogP contribution < -0.4 is 169 Å². The van der Waals surface area contributed by atoms with E-state index in [1.54, 1.807) is 31.7 Å². The van der Waals surface area contributed by atoms with Gasteiger partial charge in [0.15, 0.2) is 5.82 Å². The van der Waals surface area contributed by atoms with Crippen molar-refractivity contribution in [2.45, 2.75) is 58.8 Å². The van der Waals surface area contributed by atoms with Crippen LogP contribution in [0, 0.1) is 11.3 Å². The molecule has 3 rings (SSSR count). The number of nitrogens with zero attached hydrogens (tertiary/aromatic N) is 6. The molecule has 3 aromatic rings. The number of azo groups is 1. The summed E-state index contributed by atoms with van der Waals surface area (Å²) in [4.78, 5) is 25.8. The zero-order chi connectivity index (χ0) is 40.1. The second-order valence-corrected chi connectivity index (χ2v) is 17.2. The molecule has 0 radical (unpaired) electrons. The monoisotopic (exact) mass is 967 g/mol. The molecule has 0 atom stereocenters. The normalized spacial score (nSPS) is 11.6. The molecule has 288 valence electrons. The largest absolute Gasteiger partial charge is 1.00 e. The average Bonchev–Trinajstić information content (AvgIpc) is 3.40. The Hall–Kier alpha value is 1.37. The molecule has 16 nitrogen and oxygen atoms in total. The number of amides is 1. The van der Waals surface area contributed by atoms with E-state index < -0.39 is 74.7 Å². The Balaban J connectivity index is 0.0000101. The molecule has 1 amide bonds. The van der Waals surface area contributed by atoms with Crippen molar-refractivity contribution in [3.63, 3.8) is 0 Å². The van der Waals surface area contributed by atoms with Gasteiger partial charge in [0, 0.05) is 48.2 Å². The number of nitrogens with one attached hydrogen (secondary N) is 1. The summed E-state index contributed by atoms with van der Waals surface area (Å²) in [6.45, 7) is 6.99. The maximum absolute atomic E-state index is 12.3. The van der Waals surface area contributed by atoms with Gasteiger partial charge in [-0.1, -0.05) is 67.2 Å². The fraction of sp³-hybridized carbons (Fsp3) is 0.419. The van der Waals surface area contributed by atoms with E-state index >= 15 is 0 Å². The average molecular weight is 970 g/mol. The van der Waals surface area contributed by atoms with E-state index in [1.165, 1.54) is 19.1 Å². The van der Waals surface area contributed by atoms with Crippen molar-refractivity contribution in [3.05, 3.63) is 55.1 Å². The van der Waals surface area contributed by atoms with Gasteiger partial charge in [-0.3, -0.25) is 4.79 Å². The van der Waals surface area contributed by atoms with Crippen molar-refractivity contribution in [1.82, 2.24) is 9.78 Å². The van der Waals surface area contributed by atoms with E-state index in [0.29, 0.717) is 5.69 Å². The quantitative estimate of drug-likeness (QED) is 0.0492. The zero-order valence-corrected chi connectivity index (χ0v) is 45.6. The molecule has 0 aliphatic rings. The van der Waals surface area contributed by atoms with Gasteiger partial charge in [-0.05, 0) is 43.9 Å². The molecule has 0 aliphatic carbocycles. The van der Waals surface area contributed by atoms with Gasteiger partial charge >= 0.3 is 154 Å². The Morgan fingerprint density at radius 3 is 1.80 bits per heavy atom. The molecule has 1 N–H and O–H groups in total. The standard InChI is InChI=1S/C31H35Cl4N7O9S2.3K/c1-17(43)37-21-15-18(41(11-5-7-13-52(46,47)48)12-6-8-14-53(49,50)51)9-10-20(21)38-39-29-19(16-36)28(31(2,3)4)40-42(29)27-25(34)23(32)22(30(44)45)24(33)26(27)35;;;/h9-10,15H,5-8,11-14H2,1-4H3,(H,37,43)(H,44,45)(H,46,47,48)(H,49,50,51);;;/q;3*+1/p-3. The number of carboxylic acids is 1. The molecule has 2 aromatic carbocycles. The summed E-state index contributed by atoms with van der Waals surface area (Å²) < 4.78 is 67.7. The van der Waals surface area contributed by atoms with E-state index in [1.807, 2.05) is 6.07 Å². The number of benzene rings is 2. The minimum absolute atomic E-state index is 0. The smallest absolute Gasteiger partial charge is 0.748 e. The molecule has 1 aromatic heterocycles. The van der Waals surface area contributed by atoms with Crippen LogP contribution in [-0.4, -0.2) is 72.2 Å². The second kappa shape index (κ2) is 24.9. The predicted molar refractivity (Wildman–Crippen MR) is 196 cm³/mol. The number of hydrogen-bond donors (Lipinski definition) is 1. The number of hydrogen-bond acceptors (Lipinski definition) is 14. The number of carbonyl (C=O) groups is 2. The molecule has 0 aliphatic heterocycles. The molecule has 0 saturated heterocycles. The number of aromatic nitrogens is 2. The summed E-state index contributed by atoms with van der Waals surface area (Å²) in [7, 11) is -8.89. The Kier molecular flexibility index (Phi) is 25.5. The predicted octanol–water partition coefficient (Wildman–Crippen LogP) is -3.14. The van der Waals surface area contributed by atoms with E-state index in [4.69, 9.17) is 46.4 Å². The Morgan fingerprint density at radius 2 is 1.39 bits per heavy atom. The van der Waals surface area contributed by atoms with Crippen LogP contribution in [0.5, 0.6) is 0 Å². The SMILES string of the molecule is CC(=O)Nc1cc(N(CCCCS(=O)(=O)[O-])CCCCS(=O)(=O)[O-])ccc1N=Nc1c(C#N)c(C(C)(C)C)nn1-c1c(Cl)c(Cl)c(C(=O)[O-])c(Cl)c1Cl.[K+].[K+].[K+]. The second-order valence-electron chi connectivity index (χ2n) is 12.6. The van der Waals surface area contributed by atoms with Crippen molar-refractivity contribution < 1.29 is 195 Å². The summed E-state index contributed by atoms with van der Waals surface area (Å²) in [5.41, 5.74) is -0.789. The van der Waals surface area contributed by atoms with Crippen molar-refractivity contribution in [1.29, 1.82) is 5.26 Å². The molecular weight excluding hydrogens is 938 g/mol. The molecule has 1 heterocycles. The molecule has 0 saturated carbocycles. The number of carbonyl (C=O) groups excluding carboxylic acids is 2. The maximum atomic E-state index is 12.3. The maximum Gasteiger partial charge on any atom is 1.00 e. The summed E-state index contributed by atoms with van der Waals surface area (Å²) in [5.74, 6) is -3.63. The first kappa shape index (κ1) is 57.4. The van der Waals surface area contributed by atoms with Gasteiger partial charge < -0.3 is 29.2 Å². The van der Waals surface area contributed by atoms with E-state index in [-0.39, 0.29) is 227 Å². The molecule has 56 heavy (non-hydrogen) atoms. The molecule has 0 bridgehead atoms. The summed E-state index contributed by atoms with van der Waals surface area (Å²) in [6.07, 6.45) is 0.624. The van der Waals surface area contributed by atoms with Gasteiger partial charge in [-0.15, -0.1) is 10.2 Å². The van der Waals surface area contributed by atoms with E-state index in [9.17, 15) is 45.9 Å². The van der Waals surface area contributed by atoms with Crippen LogP contribution in [0.25, 0.3) is 5.69 Å². The zero-order valence-electron chi connectivity index (χ0n) is 31.6. The fourth-order valence-corrected chi connectivity index (χ4v) is 7.28. The van der Waals surface area contributed by atoms with Crippen LogP contribution >= 0.6 is 46.4 Å². The fourth-order valence-electron chi connectivity index (χ4n) is 5.00. The number of rotatable bonds is 16. The Labute approximate surface area is 472 Å². The Bertz CT molecular complexity index is 2150. The number of carboxylic acid groups (broad SMARTS) is 1. The first-order valence-electron chi connectivity index (χ1n) is 15.5. The van der Waals surface area contributed by atoms with Gasteiger partial charge in [0.05, 0.1) is 57.7 Å². The number of halogens is 4. The third-order valence-corrected chi connectivity index (χ3v) is 10.7. The first-order chi connectivity index (χ1) is 24.5. The minimum atomic E-state index is -4.45. The van der Waals surface area contributed by atoms with Crippen molar-refractivity contribution in [3.8, 4) is 11.8 Å². The number of unbranched alkanes of at least 4 members (excludes halogenated alkanes) is 2. The summed E-state index contributed by atoms with van der Waals surface area (Å²) >= 11 is 25.5. The molecular formula is C31H32Cl4K3N7O9S2. The van der Waals surface area contributed by atoms with Crippen molar-refractivity contribution in [2.24, 2.45) is 10.2 Å². The summed E-state index contributed by atoms with van der Waals surface area (Å²) in [6, 6.07) is 6.64. The molecule has 25 heteroatoms. The van der Waals surface area contributed by atoms with Crippen LogP contribution in [0.15, 0.2) is 28.4 Å². The van der Waals surface area contributed by atoms with Gasteiger partial charge in [0.1, 0.15) is 23.0 Å². The first-order valence-corrected chi connectivity index (χ1v) is 20.2. The third kappa shape index (κ3) is 16.6. The molecule has 0 spiro atoms. The van der Waals surface area contributed by atoms with Gasteiger partial charge in [-0.25, -0.2) is 21.5 Å². The third-order valence-electron chi connectivity index (χ3n) is 7.39. The van der Waals surface area contributed by atoms with Gasteiger partial charge in [0.25, 0.3) is 0 Å². The van der Waals surface area contributed by atoms with Crippen molar-refractivity contribution in [2.75, 3.05) is 34.8 Å². The van der Waals surface area contributed by atoms with Gasteiger partial charge in [0.2, 0.25) is 5.91 Å². The molecule has 0 unspecified atom stereocenters. The van der Waals surface area contributed by atoms with Crippen LogP contribution in [0.4, 0.5) is 22.9 Å². The van der Waals surface area contributed by atoms with Gasteiger partial charge in [-0.2, -0.15) is 10.4 Å². The number of nitriles is 1. The topological polar surface area (TPSA) is 253 Å². The van der Waals surface area contributed by atoms with E-state index in [0.717, 1.165) is 4.68 Å². The van der Waals surface area contributed by atoms with Crippen LogP contribution in [0.2, 0.25) is 20.1 Å². The molecule has 0 fully saturated rings. The van der Waals surface area contributed by atoms with Crippen LogP contribution in [0.1, 0.15) is 75.0 Å². The number of anilines is 2. The summed E-state index contributed by atoms with van der Waals surface area (Å²) in [5, 5.41) is 35.9. The van der Waals surface area contributed by atoms with E-state index in [2.05, 4.69) is 20.6 Å². The number of aromatic carboxylic acids is 1. The Morgan fingerprint density at radius 1 is 0.893 bits per heavy atom. The van der Waals surface area contributed by atoms with Crippen LogP contribution in [-0.2, 0) is 30.4 Å². The minimum Gasteiger partial charge on any atom is -0.748 e. The van der Waals surface area contributed by atoms with Crippen molar-refractivity contribution >= 4 is 101 Å². The van der Waals surface area contributed by atoms with Crippen LogP contribution in [0.3, 0.4) is 0 Å².